The number of anilines is 1. The summed E-state index contributed by atoms with van der Waals surface area (Å²) in [5, 5.41) is 3.08. The topological polar surface area (TPSA) is 67.3 Å². The van der Waals surface area contributed by atoms with Crippen molar-refractivity contribution >= 4 is 17.9 Å². The van der Waals surface area contributed by atoms with Gasteiger partial charge in [0.2, 0.25) is 11.9 Å². The molecule has 6 heteroatoms. The van der Waals surface area contributed by atoms with E-state index in [-0.39, 0.29) is 11.9 Å². The molecule has 1 aliphatic heterocycles. The van der Waals surface area contributed by atoms with Crippen LogP contribution in [0.25, 0.3) is 6.08 Å². The molecule has 0 saturated carbocycles. The quantitative estimate of drug-likeness (QED) is 0.763. The first-order chi connectivity index (χ1) is 13.2. The van der Waals surface area contributed by atoms with Crippen molar-refractivity contribution in [2.75, 3.05) is 24.6 Å². The van der Waals surface area contributed by atoms with E-state index in [9.17, 15) is 4.79 Å². The maximum atomic E-state index is 12.2. The number of carbonyl (C=O) groups excluding carboxylic acids is 1. The summed E-state index contributed by atoms with van der Waals surface area (Å²) in [5.41, 5.74) is 0.977. The Labute approximate surface area is 160 Å². The molecule has 0 aliphatic carbocycles. The first-order valence-electron chi connectivity index (χ1n) is 9.48. The minimum absolute atomic E-state index is 0.0595. The molecule has 1 aliphatic rings. The summed E-state index contributed by atoms with van der Waals surface area (Å²) in [6.07, 6.45) is 9.69. The zero-order valence-electron chi connectivity index (χ0n) is 15.7. The number of rotatable bonds is 7. The minimum Gasteiger partial charge on any atom is -0.494 e. The SMILES string of the molecule is CCCOc1ccc(/C=C/C(=O)NC2CCN(c3ncccn3)CC2)cc1. The summed E-state index contributed by atoms with van der Waals surface area (Å²) in [6.45, 7) is 4.48. The Morgan fingerprint density at radius 3 is 2.59 bits per heavy atom. The fourth-order valence-corrected chi connectivity index (χ4v) is 2.99. The van der Waals surface area contributed by atoms with Gasteiger partial charge in [0.1, 0.15) is 5.75 Å². The monoisotopic (exact) mass is 366 g/mol. The zero-order chi connectivity index (χ0) is 18.9. The molecule has 1 N–H and O–H groups in total. The molecular formula is C21H26N4O2. The fourth-order valence-electron chi connectivity index (χ4n) is 2.99. The Kier molecular flexibility index (Phi) is 6.79. The molecule has 1 amide bonds. The van der Waals surface area contributed by atoms with Crippen LogP contribution in [-0.2, 0) is 4.79 Å². The molecule has 1 aromatic carbocycles. The molecule has 0 atom stereocenters. The molecule has 0 unspecified atom stereocenters. The second-order valence-corrected chi connectivity index (χ2v) is 6.57. The average molecular weight is 366 g/mol. The predicted octanol–water partition coefficient (Wildman–Crippen LogP) is 3.06. The van der Waals surface area contributed by atoms with Crippen molar-refractivity contribution in [2.45, 2.75) is 32.2 Å². The lowest BCUT2D eigenvalue weighted by atomic mass is 10.1. The second kappa shape index (κ2) is 9.71. The van der Waals surface area contributed by atoms with Crippen molar-refractivity contribution in [2.24, 2.45) is 0 Å². The highest BCUT2D eigenvalue weighted by Crippen LogP contribution is 2.16. The molecule has 0 spiro atoms. The summed E-state index contributed by atoms with van der Waals surface area (Å²) in [5.74, 6) is 1.55. The molecule has 1 aromatic heterocycles. The normalized spacial score (nSPS) is 15.1. The standard InChI is InChI=1S/C21H26N4O2/c1-2-16-27-19-7-4-17(5-8-19)6-9-20(26)24-18-10-14-25(15-11-18)21-22-12-3-13-23-21/h3-9,12-13,18H,2,10-11,14-16H2,1H3,(H,24,26)/b9-6+. The van der Waals surface area contributed by atoms with Crippen molar-refractivity contribution in [1.82, 2.24) is 15.3 Å². The van der Waals surface area contributed by atoms with Crippen LogP contribution in [-0.4, -0.2) is 41.6 Å². The molecule has 6 nitrogen and oxygen atoms in total. The van der Waals surface area contributed by atoms with Crippen LogP contribution in [0, 0.1) is 0 Å². The third kappa shape index (κ3) is 5.81. The lowest BCUT2D eigenvalue weighted by Gasteiger charge is -2.32. The van der Waals surface area contributed by atoms with Crippen molar-refractivity contribution < 1.29 is 9.53 Å². The Bertz CT molecular complexity index is 739. The van der Waals surface area contributed by atoms with Gasteiger partial charge in [-0.05, 0) is 49.1 Å². The highest BCUT2D eigenvalue weighted by molar-refractivity contribution is 5.91. The molecule has 27 heavy (non-hydrogen) atoms. The van der Waals surface area contributed by atoms with Crippen LogP contribution in [0.1, 0.15) is 31.7 Å². The highest BCUT2D eigenvalue weighted by atomic mass is 16.5. The average Bonchev–Trinajstić information content (AvgIpc) is 2.73. The number of ether oxygens (including phenoxy) is 1. The summed E-state index contributed by atoms with van der Waals surface area (Å²) >= 11 is 0. The number of nitrogens with zero attached hydrogens (tertiary/aromatic N) is 3. The number of hydrogen-bond donors (Lipinski definition) is 1. The molecule has 1 fully saturated rings. The fraction of sp³-hybridized carbons (Fsp3) is 0.381. The van der Waals surface area contributed by atoms with Gasteiger partial charge in [0.05, 0.1) is 6.61 Å². The number of amides is 1. The lowest BCUT2D eigenvalue weighted by molar-refractivity contribution is -0.117. The van der Waals surface area contributed by atoms with E-state index in [0.29, 0.717) is 6.61 Å². The van der Waals surface area contributed by atoms with Gasteiger partial charge in [-0.15, -0.1) is 0 Å². The van der Waals surface area contributed by atoms with Gasteiger partial charge >= 0.3 is 0 Å². The first-order valence-corrected chi connectivity index (χ1v) is 9.48. The van der Waals surface area contributed by atoms with E-state index in [2.05, 4.69) is 27.1 Å². The number of benzene rings is 1. The van der Waals surface area contributed by atoms with E-state index in [1.807, 2.05) is 36.4 Å². The first kappa shape index (κ1) is 18.9. The van der Waals surface area contributed by atoms with Crippen LogP contribution < -0.4 is 15.0 Å². The predicted molar refractivity (Wildman–Crippen MR) is 107 cm³/mol. The highest BCUT2D eigenvalue weighted by Gasteiger charge is 2.21. The Balaban J connectivity index is 1.43. The molecular weight excluding hydrogens is 340 g/mol. The lowest BCUT2D eigenvalue weighted by Crippen LogP contribution is -2.44. The molecule has 0 bridgehead atoms. The number of nitrogens with one attached hydrogen (secondary N) is 1. The van der Waals surface area contributed by atoms with Gasteiger partial charge in [-0.3, -0.25) is 4.79 Å². The molecule has 2 aromatic rings. The van der Waals surface area contributed by atoms with Gasteiger partial charge in [-0.25, -0.2) is 9.97 Å². The molecule has 0 radical (unpaired) electrons. The largest absolute Gasteiger partial charge is 0.494 e. The van der Waals surface area contributed by atoms with Crippen LogP contribution >= 0.6 is 0 Å². The van der Waals surface area contributed by atoms with Crippen LogP contribution in [0.4, 0.5) is 5.95 Å². The maximum absolute atomic E-state index is 12.2. The van der Waals surface area contributed by atoms with E-state index < -0.39 is 0 Å². The van der Waals surface area contributed by atoms with Gasteiger partial charge in [-0.2, -0.15) is 0 Å². The molecule has 1 saturated heterocycles. The van der Waals surface area contributed by atoms with Gasteiger partial charge < -0.3 is 15.0 Å². The van der Waals surface area contributed by atoms with Crippen LogP contribution in [0.3, 0.4) is 0 Å². The molecule has 142 valence electrons. The van der Waals surface area contributed by atoms with Crippen molar-refractivity contribution in [3.8, 4) is 5.75 Å². The van der Waals surface area contributed by atoms with Crippen LogP contribution in [0.15, 0.2) is 48.8 Å². The number of piperidine rings is 1. The Morgan fingerprint density at radius 1 is 1.22 bits per heavy atom. The maximum Gasteiger partial charge on any atom is 0.244 e. The van der Waals surface area contributed by atoms with E-state index in [0.717, 1.165) is 49.6 Å². The molecule has 3 rings (SSSR count). The van der Waals surface area contributed by atoms with Crippen molar-refractivity contribution in [3.05, 3.63) is 54.4 Å². The van der Waals surface area contributed by atoms with Crippen molar-refractivity contribution in [3.63, 3.8) is 0 Å². The Morgan fingerprint density at radius 2 is 1.93 bits per heavy atom. The van der Waals surface area contributed by atoms with Crippen LogP contribution in [0.2, 0.25) is 0 Å². The second-order valence-electron chi connectivity index (χ2n) is 6.57. The van der Waals surface area contributed by atoms with Gasteiger partial charge in [0.25, 0.3) is 0 Å². The molecule has 2 heterocycles. The van der Waals surface area contributed by atoms with Gasteiger partial charge in [-0.1, -0.05) is 19.1 Å². The third-order valence-corrected chi connectivity index (χ3v) is 4.46. The van der Waals surface area contributed by atoms with Crippen LogP contribution in [0.5, 0.6) is 5.75 Å². The van der Waals surface area contributed by atoms with E-state index in [1.165, 1.54) is 0 Å². The van der Waals surface area contributed by atoms with Gasteiger partial charge in [0.15, 0.2) is 0 Å². The number of carbonyl (C=O) groups is 1. The third-order valence-electron chi connectivity index (χ3n) is 4.46. The summed E-state index contributed by atoms with van der Waals surface area (Å²) in [7, 11) is 0. The summed E-state index contributed by atoms with van der Waals surface area (Å²) in [4.78, 5) is 22.9. The van der Waals surface area contributed by atoms with E-state index in [1.54, 1.807) is 18.5 Å². The Hall–Kier alpha value is -2.89. The van der Waals surface area contributed by atoms with E-state index in [4.69, 9.17) is 4.74 Å². The summed E-state index contributed by atoms with van der Waals surface area (Å²) in [6, 6.07) is 9.75. The van der Waals surface area contributed by atoms with Gasteiger partial charge in [0, 0.05) is 37.6 Å². The number of aromatic nitrogens is 2. The zero-order valence-corrected chi connectivity index (χ0v) is 15.7. The smallest absolute Gasteiger partial charge is 0.244 e. The summed E-state index contributed by atoms with van der Waals surface area (Å²) < 4.78 is 5.56. The number of hydrogen-bond acceptors (Lipinski definition) is 5. The van der Waals surface area contributed by atoms with Crippen molar-refractivity contribution in [1.29, 1.82) is 0 Å². The minimum atomic E-state index is -0.0595. The van der Waals surface area contributed by atoms with E-state index >= 15 is 0 Å².